The monoisotopic (exact) mass is 409 g/mol. The van der Waals surface area contributed by atoms with Crippen LogP contribution in [0.1, 0.15) is 28.5 Å². The van der Waals surface area contributed by atoms with Crippen LogP contribution in [0.2, 0.25) is 0 Å². The number of aryl methyl sites for hydroxylation is 1. The predicted molar refractivity (Wildman–Crippen MR) is 107 cm³/mol. The molecular weight excluding hydrogens is 390 g/mol. The first kappa shape index (κ1) is 20.6. The number of hydrogen-bond acceptors (Lipinski definition) is 7. The summed E-state index contributed by atoms with van der Waals surface area (Å²) in [6, 6.07) is 9.46. The van der Waals surface area contributed by atoms with Crippen LogP contribution in [-0.4, -0.2) is 38.2 Å². The van der Waals surface area contributed by atoms with E-state index in [1.54, 1.807) is 29.9 Å². The molecule has 0 spiro atoms. The van der Waals surface area contributed by atoms with Gasteiger partial charge in [0.2, 0.25) is 0 Å². The molecule has 0 saturated heterocycles. The van der Waals surface area contributed by atoms with Gasteiger partial charge in [-0.2, -0.15) is 5.10 Å². The van der Waals surface area contributed by atoms with Crippen LogP contribution in [0.15, 0.2) is 48.8 Å². The van der Waals surface area contributed by atoms with Crippen LogP contribution < -0.4 is 5.32 Å². The van der Waals surface area contributed by atoms with E-state index in [1.165, 1.54) is 24.4 Å². The maximum Gasteiger partial charge on any atom is 0.342 e. The number of nitrogens with zero attached hydrogens (tertiary/aromatic N) is 4. The molecule has 0 saturated carbocycles. The summed E-state index contributed by atoms with van der Waals surface area (Å²) in [5, 5.41) is 17.6. The van der Waals surface area contributed by atoms with Crippen LogP contribution in [0.25, 0.3) is 5.82 Å². The van der Waals surface area contributed by atoms with Crippen LogP contribution in [0.4, 0.5) is 11.4 Å². The number of esters is 1. The number of carbonyl (C=O) groups is 2. The van der Waals surface area contributed by atoms with Crippen molar-refractivity contribution >= 4 is 23.3 Å². The largest absolute Gasteiger partial charge is 0.452 e. The van der Waals surface area contributed by atoms with Crippen LogP contribution in [0.3, 0.4) is 0 Å². The van der Waals surface area contributed by atoms with Crippen molar-refractivity contribution in [1.29, 1.82) is 0 Å². The Hall–Kier alpha value is -4.08. The Labute approximate surface area is 171 Å². The fourth-order valence-corrected chi connectivity index (χ4v) is 2.81. The lowest BCUT2D eigenvalue weighted by molar-refractivity contribution is -0.384. The third kappa shape index (κ3) is 4.49. The van der Waals surface area contributed by atoms with E-state index in [-0.39, 0.29) is 16.9 Å². The minimum Gasteiger partial charge on any atom is -0.452 e. The summed E-state index contributed by atoms with van der Waals surface area (Å²) in [5.74, 6) is -0.741. The van der Waals surface area contributed by atoms with Gasteiger partial charge in [-0.15, -0.1) is 0 Å². The third-order valence-electron chi connectivity index (χ3n) is 4.33. The molecule has 1 aromatic carbocycles. The Morgan fingerprint density at radius 3 is 2.73 bits per heavy atom. The van der Waals surface area contributed by atoms with Crippen molar-refractivity contribution in [3.05, 3.63) is 75.7 Å². The number of nitro benzene ring substituents is 1. The predicted octanol–water partition coefficient (Wildman–Crippen LogP) is 2.84. The van der Waals surface area contributed by atoms with Gasteiger partial charge >= 0.3 is 5.97 Å². The number of pyridine rings is 1. The molecule has 0 aliphatic rings. The highest BCUT2D eigenvalue weighted by molar-refractivity contribution is 5.96. The van der Waals surface area contributed by atoms with Crippen LogP contribution in [0.5, 0.6) is 0 Å². The van der Waals surface area contributed by atoms with Gasteiger partial charge in [-0.3, -0.25) is 14.9 Å². The number of non-ortho nitro benzene ring substituents is 1. The Morgan fingerprint density at radius 1 is 1.27 bits per heavy atom. The highest BCUT2D eigenvalue weighted by Crippen LogP contribution is 2.22. The van der Waals surface area contributed by atoms with Gasteiger partial charge in [-0.05, 0) is 31.0 Å². The molecule has 0 aliphatic heterocycles. The standard InChI is InChI=1S/C20H19N5O5/c1-3-17-15(11-22-24(17)18-6-4-5-9-21-18)20(27)30-12-19(26)23-16-10-14(25(28)29)8-7-13(16)2/h4-11H,3,12H2,1-2H3,(H,23,26). The highest BCUT2D eigenvalue weighted by atomic mass is 16.6. The van der Waals surface area contributed by atoms with E-state index in [4.69, 9.17) is 4.74 Å². The SMILES string of the molecule is CCc1c(C(=O)OCC(=O)Nc2cc([N+](=O)[O-])ccc2C)cnn1-c1ccccn1. The lowest BCUT2D eigenvalue weighted by Gasteiger charge is -2.09. The average molecular weight is 409 g/mol. The van der Waals surface area contributed by atoms with Crippen molar-refractivity contribution < 1.29 is 19.2 Å². The number of aromatic nitrogens is 3. The molecule has 0 radical (unpaired) electrons. The van der Waals surface area contributed by atoms with Gasteiger partial charge in [0.1, 0.15) is 5.56 Å². The van der Waals surface area contributed by atoms with Crippen LogP contribution in [0, 0.1) is 17.0 Å². The Balaban J connectivity index is 1.68. The Morgan fingerprint density at radius 2 is 2.07 bits per heavy atom. The number of ether oxygens (including phenoxy) is 1. The first-order chi connectivity index (χ1) is 14.4. The van der Waals surface area contributed by atoms with Gasteiger partial charge in [0.25, 0.3) is 11.6 Å². The molecule has 1 amide bonds. The summed E-state index contributed by atoms with van der Waals surface area (Å²) in [4.78, 5) is 39.2. The molecule has 10 heteroatoms. The summed E-state index contributed by atoms with van der Waals surface area (Å²) in [6.07, 6.45) is 3.49. The third-order valence-corrected chi connectivity index (χ3v) is 4.33. The van der Waals surface area contributed by atoms with Crippen LogP contribution in [-0.2, 0) is 16.0 Å². The van der Waals surface area contributed by atoms with E-state index >= 15 is 0 Å². The second-order valence-corrected chi connectivity index (χ2v) is 6.34. The zero-order valence-electron chi connectivity index (χ0n) is 16.4. The lowest BCUT2D eigenvalue weighted by atomic mass is 10.2. The molecule has 0 aliphatic carbocycles. The number of anilines is 1. The van der Waals surface area contributed by atoms with Gasteiger partial charge in [-0.1, -0.05) is 19.1 Å². The average Bonchev–Trinajstić information content (AvgIpc) is 3.18. The normalized spacial score (nSPS) is 10.5. The fourth-order valence-electron chi connectivity index (χ4n) is 2.81. The molecule has 0 bridgehead atoms. The number of rotatable bonds is 7. The summed E-state index contributed by atoms with van der Waals surface area (Å²) in [5.41, 5.74) is 1.62. The lowest BCUT2D eigenvalue weighted by Crippen LogP contribution is -2.21. The number of amides is 1. The van der Waals surface area contributed by atoms with Gasteiger partial charge in [0, 0.05) is 18.3 Å². The van der Waals surface area contributed by atoms with Gasteiger partial charge in [0.15, 0.2) is 12.4 Å². The van der Waals surface area contributed by atoms with Gasteiger partial charge in [-0.25, -0.2) is 14.5 Å². The van der Waals surface area contributed by atoms with Gasteiger partial charge in [0.05, 0.1) is 22.5 Å². The molecule has 0 fully saturated rings. The molecule has 2 heterocycles. The molecule has 1 N–H and O–H groups in total. The number of carbonyl (C=O) groups excluding carboxylic acids is 2. The summed E-state index contributed by atoms with van der Waals surface area (Å²) in [6.45, 7) is 3.02. The zero-order valence-corrected chi connectivity index (χ0v) is 16.4. The van der Waals surface area contributed by atoms with Crippen molar-refractivity contribution in [2.24, 2.45) is 0 Å². The van der Waals surface area contributed by atoms with Gasteiger partial charge < -0.3 is 10.1 Å². The molecule has 3 rings (SSSR count). The minimum atomic E-state index is -0.694. The summed E-state index contributed by atoms with van der Waals surface area (Å²) >= 11 is 0. The van der Waals surface area contributed by atoms with E-state index in [2.05, 4.69) is 15.4 Å². The van der Waals surface area contributed by atoms with Crippen molar-refractivity contribution in [2.75, 3.05) is 11.9 Å². The smallest absolute Gasteiger partial charge is 0.342 e. The van der Waals surface area contributed by atoms with Crippen LogP contribution >= 0.6 is 0 Å². The fraction of sp³-hybridized carbons (Fsp3) is 0.200. The van der Waals surface area contributed by atoms with E-state index < -0.39 is 23.4 Å². The second kappa shape index (κ2) is 8.95. The molecular formula is C20H19N5O5. The Kier molecular flexibility index (Phi) is 6.16. The van der Waals surface area contributed by atoms with E-state index in [0.29, 0.717) is 23.5 Å². The van der Waals surface area contributed by atoms with Crippen molar-refractivity contribution in [1.82, 2.24) is 14.8 Å². The zero-order chi connectivity index (χ0) is 21.7. The maximum atomic E-state index is 12.5. The number of nitro groups is 1. The number of hydrogen-bond donors (Lipinski definition) is 1. The van der Waals surface area contributed by atoms with E-state index in [1.807, 2.05) is 13.0 Å². The Bertz CT molecular complexity index is 1090. The minimum absolute atomic E-state index is 0.151. The molecule has 0 atom stereocenters. The van der Waals surface area contributed by atoms with E-state index in [0.717, 1.165) is 0 Å². The second-order valence-electron chi connectivity index (χ2n) is 6.34. The molecule has 30 heavy (non-hydrogen) atoms. The molecule has 154 valence electrons. The first-order valence-electron chi connectivity index (χ1n) is 9.11. The quantitative estimate of drug-likeness (QED) is 0.361. The van der Waals surface area contributed by atoms with Crippen molar-refractivity contribution in [3.8, 4) is 5.82 Å². The number of nitrogens with one attached hydrogen (secondary N) is 1. The number of benzene rings is 1. The summed E-state index contributed by atoms with van der Waals surface area (Å²) in [7, 11) is 0. The highest BCUT2D eigenvalue weighted by Gasteiger charge is 2.20. The van der Waals surface area contributed by atoms with Crippen molar-refractivity contribution in [2.45, 2.75) is 20.3 Å². The molecule has 10 nitrogen and oxygen atoms in total. The van der Waals surface area contributed by atoms with Crippen molar-refractivity contribution in [3.63, 3.8) is 0 Å². The molecule has 0 unspecified atom stereocenters. The topological polar surface area (TPSA) is 129 Å². The molecule has 3 aromatic rings. The maximum absolute atomic E-state index is 12.5. The summed E-state index contributed by atoms with van der Waals surface area (Å²) < 4.78 is 6.66. The van der Waals surface area contributed by atoms with E-state index in [9.17, 15) is 19.7 Å². The first-order valence-corrected chi connectivity index (χ1v) is 9.11. The molecule has 2 aromatic heterocycles.